The lowest BCUT2D eigenvalue weighted by atomic mass is 10.1. The minimum Gasteiger partial charge on any atom is -0.494 e. The van der Waals surface area contributed by atoms with Gasteiger partial charge in [0.1, 0.15) is 0 Å². The third-order valence-corrected chi connectivity index (χ3v) is 4.87. The molecule has 1 saturated heterocycles. The number of benzene rings is 1. The molecule has 0 saturated carbocycles. The van der Waals surface area contributed by atoms with Crippen molar-refractivity contribution >= 4 is 22.8 Å². The molecule has 0 unspecified atom stereocenters. The van der Waals surface area contributed by atoms with Gasteiger partial charge in [-0.05, 0) is 29.8 Å². The van der Waals surface area contributed by atoms with Gasteiger partial charge >= 0.3 is 11.9 Å². The van der Waals surface area contributed by atoms with Crippen LogP contribution in [0.15, 0.2) is 48.7 Å². The van der Waals surface area contributed by atoms with Crippen LogP contribution in [-0.2, 0) is 20.9 Å². The summed E-state index contributed by atoms with van der Waals surface area (Å²) in [4.78, 5) is 28.9. The van der Waals surface area contributed by atoms with Crippen molar-refractivity contribution < 1.29 is 29.6 Å². The number of carboxylic acid groups (broad SMARTS) is 2. The molecule has 0 bridgehead atoms. The number of pyridine rings is 1. The summed E-state index contributed by atoms with van der Waals surface area (Å²) in [6.07, 6.45) is 2.96. The Morgan fingerprint density at radius 2 is 1.85 bits per heavy atom. The Bertz CT molecular complexity index is 1190. The van der Waals surface area contributed by atoms with E-state index < -0.39 is 11.9 Å². The maximum atomic E-state index is 10.3. The van der Waals surface area contributed by atoms with E-state index in [1.807, 2.05) is 18.3 Å². The largest absolute Gasteiger partial charge is 0.494 e. The van der Waals surface area contributed by atoms with Gasteiger partial charge in [0.25, 0.3) is 0 Å². The van der Waals surface area contributed by atoms with E-state index in [4.69, 9.17) is 20.2 Å². The number of H-pyrrole nitrogens is 1. The minimum atomic E-state index is -1.26. The zero-order valence-electron chi connectivity index (χ0n) is 17.6. The highest BCUT2D eigenvalue weighted by Crippen LogP contribution is 2.36. The molecule has 3 aromatic rings. The summed E-state index contributed by atoms with van der Waals surface area (Å²) in [5, 5.41) is 35.8. The number of carboxylic acids is 2. The number of aliphatic carboxylic acids is 2. The Morgan fingerprint density at radius 3 is 2.42 bits per heavy atom. The predicted octanol–water partition coefficient (Wildman–Crippen LogP) is 2.35. The molecule has 0 aliphatic carbocycles. The Morgan fingerprint density at radius 1 is 1.15 bits per heavy atom. The van der Waals surface area contributed by atoms with Crippen LogP contribution in [0.25, 0.3) is 22.2 Å². The van der Waals surface area contributed by atoms with Crippen LogP contribution in [0.1, 0.15) is 11.1 Å². The second kappa shape index (κ2) is 10.9. The van der Waals surface area contributed by atoms with E-state index in [0.29, 0.717) is 29.0 Å². The Labute approximate surface area is 189 Å². The minimum absolute atomic E-state index is 0.0681. The molecular formula is C23H22N4O6. The van der Waals surface area contributed by atoms with Gasteiger partial charge in [0, 0.05) is 48.9 Å². The van der Waals surface area contributed by atoms with Gasteiger partial charge in [-0.15, -0.1) is 0 Å². The van der Waals surface area contributed by atoms with Crippen molar-refractivity contribution in [2.75, 3.05) is 26.3 Å². The number of carbonyl (C=O) groups is 2. The lowest BCUT2D eigenvalue weighted by molar-refractivity contribution is -0.134. The van der Waals surface area contributed by atoms with Gasteiger partial charge in [0.2, 0.25) is 0 Å². The van der Waals surface area contributed by atoms with E-state index in [1.54, 1.807) is 18.2 Å². The molecule has 2 aromatic heterocycles. The fourth-order valence-electron chi connectivity index (χ4n) is 3.33. The van der Waals surface area contributed by atoms with Crippen LogP contribution in [0.2, 0.25) is 0 Å². The number of ether oxygens (including phenoxy) is 1. The van der Waals surface area contributed by atoms with Crippen LogP contribution in [0.3, 0.4) is 0 Å². The number of fused-ring (bicyclic) bond motifs is 1. The third-order valence-electron chi connectivity index (χ3n) is 4.87. The number of aromatic amines is 1. The van der Waals surface area contributed by atoms with E-state index in [-0.39, 0.29) is 5.88 Å². The van der Waals surface area contributed by atoms with Crippen molar-refractivity contribution in [1.82, 2.24) is 14.9 Å². The molecule has 4 rings (SSSR count). The number of nitrogens with zero attached hydrogens (tertiary/aromatic N) is 3. The highest BCUT2D eigenvalue weighted by molar-refractivity contribution is 5.98. The quantitative estimate of drug-likeness (QED) is 0.428. The van der Waals surface area contributed by atoms with Crippen LogP contribution in [-0.4, -0.2) is 68.4 Å². The number of hydrogen-bond donors (Lipinski definition) is 4. The second-order valence-electron chi connectivity index (χ2n) is 7.17. The highest BCUT2D eigenvalue weighted by Gasteiger charge is 2.15. The summed E-state index contributed by atoms with van der Waals surface area (Å²) in [6, 6.07) is 11.4. The summed E-state index contributed by atoms with van der Waals surface area (Å²) in [7, 11) is 0. The molecule has 0 radical (unpaired) electrons. The molecule has 0 spiro atoms. The molecule has 1 aromatic carbocycles. The molecule has 4 N–H and O–H groups in total. The molecule has 10 heteroatoms. The number of aromatic nitrogens is 2. The zero-order chi connectivity index (χ0) is 23.8. The molecule has 10 nitrogen and oxygen atoms in total. The monoisotopic (exact) mass is 450 g/mol. The first kappa shape index (κ1) is 23.5. The molecule has 0 amide bonds. The molecule has 3 heterocycles. The van der Waals surface area contributed by atoms with Crippen LogP contribution >= 0.6 is 0 Å². The maximum Gasteiger partial charge on any atom is 0.328 e. The Balaban J connectivity index is 0.000000331. The summed E-state index contributed by atoms with van der Waals surface area (Å²) in [5.74, 6) is -2.45. The molecule has 1 fully saturated rings. The Hall–Kier alpha value is -4.20. The molecule has 170 valence electrons. The average Bonchev–Trinajstić information content (AvgIpc) is 3.14. The van der Waals surface area contributed by atoms with E-state index in [9.17, 15) is 14.7 Å². The topological polar surface area (TPSA) is 160 Å². The molecule has 1 aliphatic heterocycles. The van der Waals surface area contributed by atoms with Crippen molar-refractivity contribution in [3.05, 3.63) is 59.8 Å². The molecule has 1 aliphatic rings. The SMILES string of the molecule is N#Cc1ccc2[nH]c(O)c(-c3ccc(CN4CCOCC4)cn3)c2c1.O=C(O)/C=C/C(=O)O. The first-order valence-corrected chi connectivity index (χ1v) is 10.0. The normalized spacial score (nSPS) is 13.9. The molecular weight excluding hydrogens is 428 g/mol. The van der Waals surface area contributed by atoms with Gasteiger partial charge < -0.3 is 25.0 Å². The van der Waals surface area contributed by atoms with E-state index in [2.05, 4.69) is 20.9 Å². The number of morpholine rings is 1. The smallest absolute Gasteiger partial charge is 0.328 e. The van der Waals surface area contributed by atoms with Gasteiger partial charge in [-0.25, -0.2) is 9.59 Å². The summed E-state index contributed by atoms with van der Waals surface area (Å²) in [5.41, 5.74) is 3.78. The number of rotatable bonds is 5. The van der Waals surface area contributed by atoms with E-state index >= 15 is 0 Å². The van der Waals surface area contributed by atoms with Gasteiger partial charge in [0.15, 0.2) is 5.88 Å². The fraction of sp³-hybridized carbons (Fsp3) is 0.217. The van der Waals surface area contributed by atoms with Crippen LogP contribution in [0.5, 0.6) is 5.88 Å². The number of aromatic hydroxyl groups is 1. The van der Waals surface area contributed by atoms with Gasteiger partial charge in [-0.1, -0.05) is 6.07 Å². The molecule has 0 atom stereocenters. The van der Waals surface area contributed by atoms with Crippen LogP contribution < -0.4 is 0 Å². The second-order valence-corrected chi connectivity index (χ2v) is 7.17. The first-order chi connectivity index (χ1) is 15.9. The summed E-state index contributed by atoms with van der Waals surface area (Å²) in [6.45, 7) is 4.25. The lowest BCUT2D eigenvalue weighted by Gasteiger charge is -2.26. The van der Waals surface area contributed by atoms with Crippen molar-refractivity contribution in [3.63, 3.8) is 0 Å². The van der Waals surface area contributed by atoms with Crippen LogP contribution in [0.4, 0.5) is 0 Å². The number of nitriles is 1. The highest BCUT2D eigenvalue weighted by atomic mass is 16.5. The predicted molar refractivity (Wildman–Crippen MR) is 118 cm³/mol. The van der Waals surface area contributed by atoms with Crippen LogP contribution in [0, 0.1) is 11.3 Å². The zero-order valence-corrected chi connectivity index (χ0v) is 17.6. The standard InChI is InChI=1S/C19H18N4O2.C4H4O4/c20-10-13-1-3-16-15(9-13)18(19(24)22-16)17-4-2-14(11-21-17)12-23-5-7-25-8-6-23;5-3(6)1-2-4(7)8/h1-4,9,11,22,24H,5-8,12H2;1-2H,(H,5,6)(H,7,8)/b;2-1+. The number of nitrogens with one attached hydrogen (secondary N) is 1. The third kappa shape index (κ3) is 6.39. The number of hydrogen-bond acceptors (Lipinski definition) is 7. The maximum absolute atomic E-state index is 10.3. The van der Waals surface area contributed by atoms with Gasteiger partial charge in [0.05, 0.1) is 36.1 Å². The average molecular weight is 450 g/mol. The summed E-state index contributed by atoms with van der Waals surface area (Å²) < 4.78 is 5.37. The van der Waals surface area contributed by atoms with E-state index in [0.717, 1.165) is 49.3 Å². The van der Waals surface area contributed by atoms with Crippen molar-refractivity contribution in [2.24, 2.45) is 0 Å². The summed E-state index contributed by atoms with van der Waals surface area (Å²) >= 11 is 0. The lowest BCUT2D eigenvalue weighted by Crippen LogP contribution is -2.35. The van der Waals surface area contributed by atoms with E-state index in [1.165, 1.54) is 0 Å². The van der Waals surface area contributed by atoms with Gasteiger partial charge in [-0.2, -0.15) is 5.26 Å². The van der Waals surface area contributed by atoms with Gasteiger partial charge in [-0.3, -0.25) is 9.88 Å². The van der Waals surface area contributed by atoms with Crippen molar-refractivity contribution in [1.29, 1.82) is 5.26 Å². The van der Waals surface area contributed by atoms with Crippen molar-refractivity contribution in [2.45, 2.75) is 6.54 Å². The fourth-order valence-corrected chi connectivity index (χ4v) is 3.33. The first-order valence-electron chi connectivity index (χ1n) is 10.0. The molecule has 33 heavy (non-hydrogen) atoms. The van der Waals surface area contributed by atoms with Crippen molar-refractivity contribution in [3.8, 4) is 23.2 Å². The Kier molecular flexibility index (Phi) is 7.75.